The summed E-state index contributed by atoms with van der Waals surface area (Å²) in [6, 6.07) is 15.6. The number of fused-ring (bicyclic) bond motifs is 1. The van der Waals surface area contributed by atoms with Gasteiger partial charge in [0.1, 0.15) is 22.1 Å². The zero-order valence-corrected chi connectivity index (χ0v) is 22.4. The fourth-order valence-electron chi connectivity index (χ4n) is 3.77. The van der Waals surface area contributed by atoms with Gasteiger partial charge in [0.25, 0.3) is 16.0 Å². The minimum absolute atomic E-state index is 0.0415. The lowest BCUT2D eigenvalue weighted by Gasteiger charge is -2.13. The second-order valence-corrected chi connectivity index (χ2v) is 10.2. The third-order valence-corrected chi connectivity index (χ3v) is 7.37. The van der Waals surface area contributed by atoms with Gasteiger partial charge in [-0.2, -0.15) is 8.42 Å². The summed E-state index contributed by atoms with van der Waals surface area (Å²) in [5.74, 6) is -0.779. The fourth-order valence-corrected chi connectivity index (χ4v) is 4.85. The number of aryl methyl sites for hydroxylation is 1. The fraction of sp³-hybridized carbons (Fsp3) is 0.115. The average molecular weight is 574 g/mol. The first-order valence-corrected chi connectivity index (χ1v) is 13.3. The van der Waals surface area contributed by atoms with E-state index in [1.54, 1.807) is 49.4 Å². The summed E-state index contributed by atoms with van der Waals surface area (Å²) < 4.78 is 38.2. The van der Waals surface area contributed by atoms with Crippen molar-refractivity contribution in [1.29, 1.82) is 0 Å². The van der Waals surface area contributed by atoms with Crippen LogP contribution in [-0.2, 0) is 16.5 Å². The number of rotatable bonds is 7. The number of carbonyl (C=O) groups excluding carboxylic acids is 1. The molecule has 0 saturated heterocycles. The van der Waals surface area contributed by atoms with Gasteiger partial charge in [-0.05, 0) is 47.7 Å². The van der Waals surface area contributed by atoms with E-state index in [0.29, 0.717) is 28.5 Å². The molecule has 0 spiro atoms. The van der Waals surface area contributed by atoms with Gasteiger partial charge in [0, 0.05) is 5.39 Å². The van der Waals surface area contributed by atoms with E-state index in [1.807, 2.05) is 0 Å². The van der Waals surface area contributed by atoms with Gasteiger partial charge in [-0.1, -0.05) is 60.5 Å². The van der Waals surface area contributed by atoms with Gasteiger partial charge in [-0.15, -0.1) is 10.2 Å². The largest absolute Gasteiger partial charge is 0.505 e. The molecule has 0 aromatic heterocycles. The number of nitrogens with zero attached hydrogens (tertiary/aromatic N) is 2. The standard InChI is InChI=1S/C26H21Cl2N3O6S/c1-3-14-11-16(38(34,35)36)13-20(22(14)27)30-31-24-17-8-5-4-7-15(17)12-18(25(24)32)26(33)29-19-9-6-10-21(37-2)23(19)28/h4-13,32H,3H2,1-2H3,(H,29,33)(H,34,35,36). The molecule has 4 aromatic rings. The number of nitrogens with one attached hydrogen (secondary N) is 1. The molecule has 9 nitrogen and oxygen atoms in total. The Kier molecular flexibility index (Phi) is 7.89. The van der Waals surface area contributed by atoms with Crippen molar-refractivity contribution < 1.29 is 27.6 Å². The molecule has 0 atom stereocenters. The number of halogens is 2. The van der Waals surface area contributed by atoms with Gasteiger partial charge in [-0.25, -0.2) is 0 Å². The zero-order chi connectivity index (χ0) is 27.6. The molecule has 0 aliphatic heterocycles. The Bertz CT molecular complexity index is 1710. The molecule has 0 aliphatic rings. The highest BCUT2D eigenvalue weighted by Crippen LogP contribution is 2.41. The summed E-state index contributed by atoms with van der Waals surface area (Å²) in [6.45, 7) is 1.76. The molecule has 4 rings (SSSR count). The molecule has 0 heterocycles. The number of ether oxygens (including phenoxy) is 1. The van der Waals surface area contributed by atoms with Gasteiger partial charge < -0.3 is 15.2 Å². The quantitative estimate of drug-likeness (QED) is 0.156. The predicted octanol–water partition coefficient (Wildman–Crippen LogP) is 7.34. The van der Waals surface area contributed by atoms with Crippen molar-refractivity contribution in [1.82, 2.24) is 0 Å². The molecule has 12 heteroatoms. The van der Waals surface area contributed by atoms with Crippen LogP contribution in [-0.4, -0.2) is 31.1 Å². The highest BCUT2D eigenvalue weighted by molar-refractivity contribution is 7.85. The van der Waals surface area contributed by atoms with Gasteiger partial charge >= 0.3 is 0 Å². The SMILES string of the molecule is CCc1cc(S(=O)(=O)O)cc(N=Nc2c(O)c(C(=O)Nc3cccc(OC)c3Cl)cc3ccccc23)c1Cl. The lowest BCUT2D eigenvalue weighted by molar-refractivity contribution is 0.102. The smallest absolute Gasteiger partial charge is 0.294 e. The number of phenolic OH excluding ortho intramolecular Hbond substituents is 1. The monoisotopic (exact) mass is 573 g/mol. The molecule has 4 aromatic carbocycles. The highest BCUT2D eigenvalue weighted by atomic mass is 35.5. The number of phenols is 1. The average Bonchev–Trinajstić information content (AvgIpc) is 2.89. The Labute approximate surface area is 228 Å². The molecule has 38 heavy (non-hydrogen) atoms. The summed E-state index contributed by atoms with van der Waals surface area (Å²) in [6.07, 6.45) is 0.362. The predicted molar refractivity (Wildman–Crippen MR) is 146 cm³/mol. The van der Waals surface area contributed by atoms with Crippen LogP contribution in [0.1, 0.15) is 22.8 Å². The maximum atomic E-state index is 13.2. The van der Waals surface area contributed by atoms with Crippen molar-refractivity contribution in [2.75, 3.05) is 12.4 Å². The van der Waals surface area contributed by atoms with Crippen molar-refractivity contribution in [2.24, 2.45) is 10.2 Å². The minimum Gasteiger partial charge on any atom is -0.505 e. The number of carbonyl (C=O) groups is 1. The number of amides is 1. The zero-order valence-electron chi connectivity index (χ0n) is 20.1. The van der Waals surface area contributed by atoms with Crippen LogP contribution in [0, 0.1) is 0 Å². The van der Waals surface area contributed by atoms with Crippen LogP contribution in [0.2, 0.25) is 10.0 Å². The first kappa shape index (κ1) is 27.3. The van der Waals surface area contributed by atoms with E-state index in [-0.39, 0.29) is 32.7 Å². The van der Waals surface area contributed by atoms with Crippen LogP contribution in [0.25, 0.3) is 10.8 Å². The van der Waals surface area contributed by atoms with E-state index in [9.17, 15) is 22.9 Å². The van der Waals surface area contributed by atoms with Gasteiger partial charge in [0.2, 0.25) is 0 Å². The molecule has 3 N–H and O–H groups in total. The number of hydrogen-bond donors (Lipinski definition) is 3. The van der Waals surface area contributed by atoms with E-state index in [1.165, 1.54) is 19.2 Å². The second-order valence-electron chi connectivity index (χ2n) is 8.06. The Balaban J connectivity index is 1.83. The summed E-state index contributed by atoms with van der Waals surface area (Å²) in [7, 11) is -3.09. The van der Waals surface area contributed by atoms with Crippen LogP contribution in [0.15, 0.2) is 75.8 Å². The van der Waals surface area contributed by atoms with Gasteiger partial charge in [0.15, 0.2) is 5.75 Å². The number of aromatic hydroxyl groups is 1. The molecule has 0 bridgehead atoms. The third kappa shape index (κ3) is 5.44. The Morgan fingerprint density at radius 2 is 1.76 bits per heavy atom. The molecule has 0 aliphatic carbocycles. The summed E-state index contributed by atoms with van der Waals surface area (Å²) >= 11 is 12.7. The molecule has 0 unspecified atom stereocenters. The summed E-state index contributed by atoms with van der Waals surface area (Å²) in [5.41, 5.74) is 0.501. The maximum absolute atomic E-state index is 13.2. The molecule has 1 amide bonds. The van der Waals surface area contributed by atoms with Crippen LogP contribution in [0.5, 0.6) is 11.5 Å². The number of methoxy groups -OCH3 is 1. The van der Waals surface area contributed by atoms with Crippen LogP contribution < -0.4 is 10.1 Å². The van der Waals surface area contributed by atoms with Crippen LogP contribution >= 0.6 is 23.2 Å². The lowest BCUT2D eigenvalue weighted by atomic mass is 10.0. The molecule has 196 valence electrons. The molecule has 0 radical (unpaired) electrons. The van der Waals surface area contributed by atoms with Crippen molar-refractivity contribution >= 4 is 67.1 Å². The van der Waals surface area contributed by atoms with Crippen molar-refractivity contribution in [2.45, 2.75) is 18.2 Å². The number of benzene rings is 4. The molecule has 0 saturated carbocycles. The van der Waals surface area contributed by atoms with Crippen molar-refractivity contribution in [3.8, 4) is 11.5 Å². The van der Waals surface area contributed by atoms with E-state index >= 15 is 0 Å². The Morgan fingerprint density at radius 1 is 1.03 bits per heavy atom. The van der Waals surface area contributed by atoms with Crippen molar-refractivity contribution in [3.63, 3.8) is 0 Å². The third-order valence-electron chi connectivity index (χ3n) is 5.71. The Hall–Kier alpha value is -3.70. The van der Waals surface area contributed by atoms with Crippen LogP contribution in [0.4, 0.5) is 17.1 Å². The first-order chi connectivity index (χ1) is 18.0. The van der Waals surface area contributed by atoms with Crippen LogP contribution in [0.3, 0.4) is 0 Å². The lowest BCUT2D eigenvalue weighted by Crippen LogP contribution is -2.12. The second kappa shape index (κ2) is 11.0. The molecular weight excluding hydrogens is 553 g/mol. The first-order valence-electron chi connectivity index (χ1n) is 11.1. The Morgan fingerprint density at radius 3 is 2.45 bits per heavy atom. The molecular formula is C26H21Cl2N3O6S. The van der Waals surface area contributed by atoms with E-state index in [0.717, 1.165) is 6.07 Å². The normalized spacial score (nSPS) is 11.7. The highest BCUT2D eigenvalue weighted by Gasteiger charge is 2.21. The topological polar surface area (TPSA) is 138 Å². The number of hydrogen-bond acceptors (Lipinski definition) is 7. The van der Waals surface area contributed by atoms with E-state index in [2.05, 4.69) is 15.5 Å². The minimum atomic E-state index is -4.54. The number of anilines is 1. The van der Waals surface area contributed by atoms with Gasteiger partial charge in [-0.3, -0.25) is 9.35 Å². The summed E-state index contributed by atoms with van der Waals surface area (Å²) in [4.78, 5) is 12.8. The van der Waals surface area contributed by atoms with E-state index in [4.69, 9.17) is 27.9 Å². The van der Waals surface area contributed by atoms with E-state index < -0.39 is 26.7 Å². The summed E-state index contributed by atoms with van der Waals surface area (Å²) in [5, 5.41) is 23.3. The van der Waals surface area contributed by atoms with Crippen molar-refractivity contribution in [3.05, 3.63) is 81.8 Å². The molecule has 0 fully saturated rings. The number of azo groups is 1. The maximum Gasteiger partial charge on any atom is 0.294 e. The van der Waals surface area contributed by atoms with Gasteiger partial charge in [0.05, 0.1) is 28.3 Å².